The third-order valence-electron chi connectivity index (χ3n) is 4.52. The molecule has 1 saturated carbocycles. The van der Waals surface area contributed by atoms with Gasteiger partial charge in [0.2, 0.25) is 0 Å². The van der Waals surface area contributed by atoms with Gasteiger partial charge in [0.05, 0.1) is 5.69 Å². The Morgan fingerprint density at radius 1 is 1.50 bits per heavy atom. The molecule has 0 bridgehead atoms. The quantitative estimate of drug-likeness (QED) is 0.887. The summed E-state index contributed by atoms with van der Waals surface area (Å²) in [5.41, 5.74) is 2.46. The second-order valence-electron chi connectivity index (χ2n) is 6.61. The van der Waals surface area contributed by atoms with Gasteiger partial charge in [0.1, 0.15) is 5.75 Å². The Morgan fingerprint density at radius 3 is 2.95 bits per heavy atom. The van der Waals surface area contributed by atoms with E-state index in [9.17, 15) is 4.79 Å². The van der Waals surface area contributed by atoms with E-state index in [1.807, 2.05) is 12.1 Å². The molecule has 2 N–H and O–H groups in total. The van der Waals surface area contributed by atoms with Gasteiger partial charge in [0, 0.05) is 6.04 Å². The van der Waals surface area contributed by atoms with Crippen molar-refractivity contribution in [3.63, 3.8) is 0 Å². The molecular formula is C16H22N2O2. The molecule has 1 aliphatic carbocycles. The van der Waals surface area contributed by atoms with Crippen molar-refractivity contribution in [3.05, 3.63) is 23.8 Å². The van der Waals surface area contributed by atoms with Crippen LogP contribution < -0.4 is 15.4 Å². The summed E-state index contributed by atoms with van der Waals surface area (Å²) in [5.74, 6) is 1.45. The van der Waals surface area contributed by atoms with Gasteiger partial charge >= 0.3 is 0 Å². The normalized spacial score (nSPS) is 24.4. The first kappa shape index (κ1) is 13.4. The van der Waals surface area contributed by atoms with Crippen LogP contribution in [-0.4, -0.2) is 19.1 Å². The first-order valence-electron chi connectivity index (χ1n) is 7.26. The lowest BCUT2D eigenvalue weighted by molar-refractivity contribution is -0.118. The van der Waals surface area contributed by atoms with E-state index >= 15 is 0 Å². The topological polar surface area (TPSA) is 50.4 Å². The number of anilines is 1. The van der Waals surface area contributed by atoms with E-state index in [1.165, 1.54) is 12.0 Å². The number of carbonyl (C=O) groups is 1. The molecule has 0 saturated heterocycles. The zero-order valence-corrected chi connectivity index (χ0v) is 12.3. The van der Waals surface area contributed by atoms with Crippen LogP contribution in [0.5, 0.6) is 5.75 Å². The van der Waals surface area contributed by atoms with Gasteiger partial charge in [-0.05, 0) is 48.9 Å². The Morgan fingerprint density at radius 2 is 2.25 bits per heavy atom. The molecule has 0 aromatic heterocycles. The summed E-state index contributed by atoms with van der Waals surface area (Å²) in [6, 6.07) is 6.27. The van der Waals surface area contributed by atoms with Crippen LogP contribution in [0.15, 0.2) is 18.2 Å². The highest BCUT2D eigenvalue weighted by Gasteiger charge is 2.44. The molecule has 1 fully saturated rings. The zero-order valence-electron chi connectivity index (χ0n) is 12.3. The van der Waals surface area contributed by atoms with Crippen LogP contribution in [0.4, 0.5) is 5.69 Å². The van der Waals surface area contributed by atoms with Crippen molar-refractivity contribution < 1.29 is 9.53 Å². The second kappa shape index (κ2) is 4.77. The maximum atomic E-state index is 11.4. The summed E-state index contributed by atoms with van der Waals surface area (Å²) in [4.78, 5) is 11.4. The van der Waals surface area contributed by atoms with Gasteiger partial charge < -0.3 is 15.4 Å². The van der Waals surface area contributed by atoms with E-state index in [-0.39, 0.29) is 18.6 Å². The summed E-state index contributed by atoms with van der Waals surface area (Å²) in [7, 11) is 0. The zero-order chi connectivity index (χ0) is 14.3. The average molecular weight is 274 g/mol. The van der Waals surface area contributed by atoms with Crippen LogP contribution in [0.2, 0.25) is 0 Å². The van der Waals surface area contributed by atoms with Crippen LogP contribution in [0.1, 0.15) is 38.8 Å². The Kier molecular flexibility index (Phi) is 3.21. The molecule has 20 heavy (non-hydrogen) atoms. The van der Waals surface area contributed by atoms with Gasteiger partial charge in [0.15, 0.2) is 6.61 Å². The first-order valence-corrected chi connectivity index (χ1v) is 7.26. The highest BCUT2D eigenvalue weighted by Crippen LogP contribution is 2.51. The van der Waals surface area contributed by atoms with Crippen LogP contribution in [0, 0.1) is 11.3 Å². The van der Waals surface area contributed by atoms with Crippen molar-refractivity contribution in [2.24, 2.45) is 11.3 Å². The van der Waals surface area contributed by atoms with Crippen molar-refractivity contribution in [2.75, 3.05) is 18.5 Å². The standard InChI is InChI=1S/C16H22N2O2/c1-10(17-8-12-7-16(12,2)3)11-4-5-14-13(6-11)18-15(19)9-20-14/h4-6,10,12,17H,7-9H2,1-3H3,(H,18,19). The summed E-state index contributed by atoms with van der Waals surface area (Å²) in [6.07, 6.45) is 1.31. The lowest BCUT2D eigenvalue weighted by atomic mass is 10.1. The maximum absolute atomic E-state index is 11.4. The molecule has 3 rings (SSSR count). The SMILES string of the molecule is CC(NCC1CC1(C)C)c1ccc2c(c1)NC(=O)CO2. The van der Waals surface area contributed by atoms with E-state index in [2.05, 4.69) is 37.5 Å². The van der Waals surface area contributed by atoms with Gasteiger partial charge in [-0.15, -0.1) is 0 Å². The number of amides is 1. The Hall–Kier alpha value is -1.55. The minimum atomic E-state index is -0.0880. The molecule has 1 aromatic rings. The van der Waals surface area contributed by atoms with Gasteiger partial charge in [-0.2, -0.15) is 0 Å². The number of benzene rings is 1. The summed E-state index contributed by atoms with van der Waals surface area (Å²) < 4.78 is 5.37. The van der Waals surface area contributed by atoms with E-state index in [4.69, 9.17) is 4.74 Å². The molecule has 1 amide bonds. The molecule has 0 radical (unpaired) electrons. The predicted octanol–water partition coefficient (Wildman–Crippen LogP) is 2.71. The third-order valence-corrected chi connectivity index (χ3v) is 4.52. The van der Waals surface area contributed by atoms with Crippen LogP contribution in [0.3, 0.4) is 0 Å². The summed E-state index contributed by atoms with van der Waals surface area (Å²) in [6.45, 7) is 7.94. The number of hydrogen-bond acceptors (Lipinski definition) is 3. The van der Waals surface area contributed by atoms with Gasteiger partial charge in [-0.1, -0.05) is 19.9 Å². The Balaban J connectivity index is 1.64. The molecule has 4 heteroatoms. The van der Waals surface area contributed by atoms with Crippen molar-refractivity contribution >= 4 is 11.6 Å². The lowest BCUT2D eigenvalue weighted by Crippen LogP contribution is -2.26. The van der Waals surface area contributed by atoms with Gasteiger partial charge in [-0.3, -0.25) is 4.79 Å². The number of carbonyl (C=O) groups excluding carboxylic acids is 1. The smallest absolute Gasteiger partial charge is 0.262 e. The van der Waals surface area contributed by atoms with E-state index in [0.29, 0.717) is 5.41 Å². The number of rotatable bonds is 4. The van der Waals surface area contributed by atoms with Crippen molar-refractivity contribution in [3.8, 4) is 5.75 Å². The van der Waals surface area contributed by atoms with Crippen molar-refractivity contribution in [1.29, 1.82) is 0 Å². The molecular weight excluding hydrogens is 252 g/mol. The molecule has 108 valence electrons. The predicted molar refractivity (Wildman–Crippen MR) is 78.9 cm³/mol. The van der Waals surface area contributed by atoms with Crippen molar-refractivity contribution in [1.82, 2.24) is 5.32 Å². The largest absolute Gasteiger partial charge is 0.482 e. The molecule has 0 spiro atoms. The fraction of sp³-hybridized carbons (Fsp3) is 0.562. The van der Waals surface area contributed by atoms with Crippen LogP contribution in [0.25, 0.3) is 0 Å². The number of nitrogens with one attached hydrogen (secondary N) is 2. The van der Waals surface area contributed by atoms with Crippen LogP contribution in [-0.2, 0) is 4.79 Å². The second-order valence-corrected chi connectivity index (χ2v) is 6.61. The number of fused-ring (bicyclic) bond motifs is 1. The molecule has 2 unspecified atom stereocenters. The van der Waals surface area contributed by atoms with E-state index < -0.39 is 0 Å². The highest BCUT2D eigenvalue weighted by molar-refractivity contribution is 5.95. The van der Waals surface area contributed by atoms with E-state index in [1.54, 1.807) is 0 Å². The molecule has 4 nitrogen and oxygen atoms in total. The van der Waals surface area contributed by atoms with E-state index in [0.717, 1.165) is 23.9 Å². The minimum Gasteiger partial charge on any atom is -0.482 e. The summed E-state index contributed by atoms with van der Waals surface area (Å²) in [5, 5.41) is 6.43. The first-order chi connectivity index (χ1) is 9.45. The minimum absolute atomic E-state index is 0.0880. The molecule has 1 aromatic carbocycles. The third kappa shape index (κ3) is 2.66. The van der Waals surface area contributed by atoms with Gasteiger partial charge in [0.25, 0.3) is 5.91 Å². The summed E-state index contributed by atoms with van der Waals surface area (Å²) >= 11 is 0. The Labute approximate surface area is 119 Å². The monoisotopic (exact) mass is 274 g/mol. The molecule has 1 aliphatic heterocycles. The van der Waals surface area contributed by atoms with Gasteiger partial charge in [-0.25, -0.2) is 0 Å². The fourth-order valence-electron chi connectivity index (χ4n) is 2.73. The van der Waals surface area contributed by atoms with Crippen LogP contribution >= 0.6 is 0 Å². The Bertz CT molecular complexity index is 539. The molecule has 2 atom stereocenters. The number of hydrogen-bond donors (Lipinski definition) is 2. The molecule has 2 aliphatic rings. The lowest BCUT2D eigenvalue weighted by Gasteiger charge is -2.21. The average Bonchev–Trinajstić information content (AvgIpc) is 3.02. The highest BCUT2D eigenvalue weighted by atomic mass is 16.5. The van der Waals surface area contributed by atoms with Crippen molar-refractivity contribution in [2.45, 2.75) is 33.2 Å². The fourth-order valence-corrected chi connectivity index (χ4v) is 2.73. The number of ether oxygens (including phenoxy) is 1. The molecule has 1 heterocycles. The maximum Gasteiger partial charge on any atom is 0.262 e.